The molecule has 1 saturated heterocycles. The molecule has 0 radical (unpaired) electrons. The number of nitrogens with zero attached hydrogens (tertiary/aromatic N) is 1. The number of benzene rings is 1. The molecule has 1 fully saturated rings. The Morgan fingerprint density at radius 3 is 2.70 bits per heavy atom. The molecule has 0 bridgehead atoms. The first-order valence-corrected chi connectivity index (χ1v) is 8.82. The highest BCUT2D eigenvalue weighted by atomic mass is 35.5. The number of hydrogen-bond acceptors (Lipinski definition) is 5. The van der Waals surface area contributed by atoms with Crippen molar-refractivity contribution >= 4 is 40.0 Å². The lowest BCUT2D eigenvalue weighted by molar-refractivity contribution is 0.0600. The molecule has 2 N–H and O–H groups in total. The summed E-state index contributed by atoms with van der Waals surface area (Å²) in [7, 11) is -2.52. The summed E-state index contributed by atoms with van der Waals surface area (Å²) in [5.74, 6) is -0.632. The predicted molar refractivity (Wildman–Crippen MR) is 90.6 cm³/mol. The molecule has 0 amide bonds. The molecule has 0 spiro atoms. The maximum absolute atomic E-state index is 12.8. The molecule has 1 aromatic rings. The topological polar surface area (TPSA) is 89.7 Å². The molecule has 1 heterocycles. The number of piperidine rings is 1. The number of hydrogen-bond donors (Lipinski definition) is 1. The Morgan fingerprint density at radius 1 is 1.39 bits per heavy atom. The average Bonchev–Trinajstić information content (AvgIpc) is 2.53. The van der Waals surface area contributed by atoms with Gasteiger partial charge in [0.25, 0.3) is 0 Å². The van der Waals surface area contributed by atoms with E-state index in [4.69, 9.17) is 17.3 Å². The van der Waals surface area contributed by atoms with Crippen LogP contribution in [0.5, 0.6) is 0 Å². The highest BCUT2D eigenvalue weighted by Crippen LogP contribution is 2.27. The highest BCUT2D eigenvalue weighted by Gasteiger charge is 2.33. The van der Waals surface area contributed by atoms with Gasteiger partial charge in [-0.1, -0.05) is 18.0 Å². The van der Waals surface area contributed by atoms with Gasteiger partial charge in [0.2, 0.25) is 10.0 Å². The zero-order chi connectivity index (χ0) is 16.3. The Morgan fingerprint density at radius 2 is 2.09 bits per heavy atom. The minimum atomic E-state index is -3.75. The number of ether oxygens (including phenoxy) is 1. The first-order valence-electron chi connectivity index (χ1n) is 7.01. The van der Waals surface area contributed by atoms with E-state index in [1.54, 1.807) is 0 Å². The molecule has 0 aromatic heterocycles. The Bertz CT molecular complexity index is 667. The summed E-state index contributed by atoms with van der Waals surface area (Å²) >= 11 is 5.95. The zero-order valence-electron chi connectivity index (χ0n) is 12.7. The van der Waals surface area contributed by atoms with Gasteiger partial charge >= 0.3 is 5.97 Å². The van der Waals surface area contributed by atoms with Crippen molar-refractivity contribution in [2.24, 2.45) is 5.73 Å². The molecular weight excluding hydrogens is 363 g/mol. The lowest BCUT2D eigenvalue weighted by atomic mass is 10.1. The largest absolute Gasteiger partial charge is 0.465 e. The van der Waals surface area contributed by atoms with Crippen LogP contribution in [0.2, 0.25) is 5.02 Å². The number of carbonyl (C=O) groups is 1. The summed E-state index contributed by atoms with van der Waals surface area (Å²) in [5.41, 5.74) is 5.80. The predicted octanol–water partition coefficient (Wildman–Crippen LogP) is 2.05. The highest BCUT2D eigenvalue weighted by molar-refractivity contribution is 7.89. The second-order valence-corrected chi connectivity index (χ2v) is 7.50. The van der Waals surface area contributed by atoms with E-state index in [1.807, 2.05) is 0 Å². The minimum absolute atomic E-state index is 0. The second-order valence-electron chi connectivity index (χ2n) is 5.17. The van der Waals surface area contributed by atoms with Crippen molar-refractivity contribution in [1.29, 1.82) is 0 Å². The van der Waals surface area contributed by atoms with E-state index >= 15 is 0 Å². The fraction of sp³-hybridized carbons (Fsp3) is 0.500. The van der Waals surface area contributed by atoms with Gasteiger partial charge in [-0.05, 0) is 31.0 Å². The van der Waals surface area contributed by atoms with E-state index in [1.165, 1.54) is 29.6 Å². The van der Waals surface area contributed by atoms with Crippen molar-refractivity contribution in [3.8, 4) is 0 Å². The van der Waals surface area contributed by atoms with Gasteiger partial charge in [-0.25, -0.2) is 13.2 Å². The van der Waals surface area contributed by atoms with Crippen LogP contribution in [0.1, 0.15) is 29.6 Å². The molecule has 1 unspecified atom stereocenters. The van der Waals surface area contributed by atoms with E-state index in [0.717, 1.165) is 19.3 Å². The van der Waals surface area contributed by atoms with E-state index < -0.39 is 16.0 Å². The smallest absolute Gasteiger partial charge is 0.337 e. The molecule has 9 heteroatoms. The number of sulfonamides is 1. The van der Waals surface area contributed by atoms with Gasteiger partial charge < -0.3 is 10.5 Å². The van der Waals surface area contributed by atoms with E-state index in [0.29, 0.717) is 6.54 Å². The van der Waals surface area contributed by atoms with Crippen molar-refractivity contribution in [1.82, 2.24) is 4.31 Å². The first-order chi connectivity index (χ1) is 10.4. The van der Waals surface area contributed by atoms with Crippen LogP contribution >= 0.6 is 24.0 Å². The molecule has 2 rings (SSSR count). The van der Waals surface area contributed by atoms with E-state index in [9.17, 15) is 13.2 Å². The number of carbonyl (C=O) groups excluding carboxylic acids is 1. The first kappa shape index (κ1) is 20.2. The summed E-state index contributed by atoms with van der Waals surface area (Å²) in [4.78, 5) is 11.6. The fourth-order valence-electron chi connectivity index (χ4n) is 2.61. The molecule has 1 atom stereocenters. The van der Waals surface area contributed by atoms with Crippen molar-refractivity contribution in [2.75, 3.05) is 20.2 Å². The summed E-state index contributed by atoms with van der Waals surface area (Å²) in [5, 5.41) is 0.169. The van der Waals surface area contributed by atoms with Crippen LogP contribution in [0.3, 0.4) is 0 Å². The van der Waals surface area contributed by atoms with Crippen molar-refractivity contribution in [3.05, 3.63) is 28.8 Å². The third-order valence-corrected chi connectivity index (χ3v) is 5.89. The third-order valence-electron chi connectivity index (χ3n) is 3.74. The van der Waals surface area contributed by atoms with E-state index in [2.05, 4.69) is 4.74 Å². The molecule has 1 aliphatic rings. The van der Waals surface area contributed by atoms with Gasteiger partial charge in [-0.2, -0.15) is 4.31 Å². The number of rotatable bonds is 4. The molecule has 1 aliphatic heterocycles. The van der Waals surface area contributed by atoms with Crippen LogP contribution in [-0.2, 0) is 14.8 Å². The normalized spacial score (nSPS) is 19.0. The van der Waals surface area contributed by atoms with Gasteiger partial charge in [0.1, 0.15) is 0 Å². The molecule has 0 aliphatic carbocycles. The molecule has 6 nitrogen and oxygen atoms in total. The standard InChI is InChI=1S/C14H19ClN2O4S.ClH/c1-21-14(18)10-6-11(15)8-13(7-10)22(19,20)17-5-3-2-4-12(17)9-16;/h6-8,12H,2-5,9,16H2,1H3;1H. The summed E-state index contributed by atoms with van der Waals surface area (Å²) in [6.45, 7) is 0.688. The van der Waals surface area contributed by atoms with Crippen LogP contribution in [0, 0.1) is 0 Å². The minimum Gasteiger partial charge on any atom is -0.465 e. The zero-order valence-corrected chi connectivity index (χ0v) is 15.1. The summed E-state index contributed by atoms with van der Waals surface area (Å²) in [6, 6.07) is 3.78. The average molecular weight is 383 g/mol. The SMILES string of the molecule is COC(=O)c1cc(Cl)cc(S(=O)(=O)N2CCCCC2CN)c1.Cl. The molecule has 1 aromatic carbocycles. The van der Waals surface area contributed by atoms with Crippen molar-refractivity contribution in [2.45, 2.75) is 30.2 Å². The van der Waals surface area contributed by atoms with Crippen LogP contribution in [0.25, 0.3) is 0 Å². The number of methoxy groups -OCH3 is 1. The maximum atomic E-state index is 12.8. The number of halogens is 2. The summed E-state index contributed by atoms with van der Waals surface area (Å²) in [6.07, 6.45) is 2.48. The van der Waals surface area contributed by atoms with Gasteiger partial charge in [0.15, 0.2) is 0 Å². The van der Waals surface area contributed by atoms with Crippen LogP contribution in [0.4, 0.5) is 0 Å². The fourth-order valence-corrected chi connectivity index (χ4v) is 4.68. The van der Waals surface area contributed by atoms with Gasteiger partial charge in [0, 0.05) is 24.2 Å². The Balaban J connectivity index is 0.00000264. The molecule has 23 heavy (non-hydrogen) atoms. The second kappa shape index (κ2) is 8.30. The number of nitrogens with two attached hydrogens (primary N) is 1. The van der Waals surface area contributed by atoms with Gasteiger partial charge in [-0.3, -0.25) is 0 Å². The lowest BCUT2D eigenvalue weighted by Crippen LogP contribution is -2.47. The molecular formula is C14H20Cl2N2O4S. The van der Waals surface area contributed by atoms with Crippen LogP contribution < -0.4 is 5.73 Å². The van der Waals surface area contributed by atoms with E-state index in [-0.39, 0.29) is 40.5 Å². The summed E-state index contributed by atoms with van der Waals surface area (Å²) < 4.78 is 31.7. The van der Waals surface area contributed by atoms with Gasteiger partial charge in [0.05, 0.1) is 17.6 Å². The van der Waals surface area contributed by atoms with Crippen LogP contribution in [-0.4, -0.2) is 44.9 Å². The number of esters is 1. The lowest BCUT2D eigenvalue weighted by Gasteiger charge is -2.34. The van der Waals surface area contributed by atoms with Gasteiger partial charge in [-0.15, -0.1) is 12.4 Å². The molecule has 0 saturated carbocycles. The Hall–Kier alpha value is -0.860. The monoisotopic (exact) mass is 382 g/mol. The quantitative estimate of drug-likeness (QED) is 0.804. The Kier molecular flexibility index (Phi) is 7.29. The van der Waals surface area contributed by atoms with Crippen LogP contribution in [0.15, 0.2) is 23.1 Å². The maximum Gasteiger partial charge on any atom is 0.337 e. The van der Waals surface area contributed by atoms with Crippen molar-refractivity contribution < 1.29 is 17.9 Å². The molecule has 130 valence electrons. The third kappa shape index (κ3) is 4.36. The van der Waals surface area contributed by atoms with Crippen molar-refractivity contribution in [3.63, 3.8) is 0 Å². The Labute approximate surface area is 147 Å².